The van der Waals surface area contributed by atoms with Gasteiger partial charge in [-0.25, -0.2) is 4.79 Å². The van der Waals surface area contributed by atoms with Crippen LogP contribution in [-0.4, -0.2) is 35.6 Å². The normalized spacial score (nSPS) is 11.6. The summed E-state index contributed by atoms with van der Waals surface area (Å²) in [6.45, 7) is 7.86. The number of nitrogens with zero attached hydrogens (tertiary/aromatic N) is 2. The first-order chi connectivity index (χ1) is 15.3. The van der Waals surface area contributed by atoms with Crippen LogP contribution in [0.5, 0.6) is 0 Å². The third-order valence-corrected chi connectivity index (χ3v) is 5.89. The van der Waals surface area contributed by atoms with Gasteiger partial charge in [0.15, 0.2) is 4.80 Å². The predicted molar refractivity (Wildman–Crippen MR) is 123 cm³/mol. The summed E-state index contributed by atoms with van der Waals surface area (Å²) < 4.78 is 12.5. The summed E-state index contributed by atoms with van der Waals surface area (Å²) in [6, 6.07) is 11.0. The van der Waals surface area contributed by atoms with E-state index in [4.69, 9.17) is 9.47 Å². The maximum Gasteiger partial charge on any atom is 0.338 e. The standard InChI is InChI=1S/C24H26N2O5S/c1-5-30-22(28)14-26-19-10-9-17(23(29)31-6-2)12-20(19)32-24(26)25-21(27)13-18-11-15(3)7-8-16(18)4/h7-12H,5-6,13-14H2,1-4H3. The molecule has 3 rings (SSSR count). The van der Waals surface area contributed by atoms with Gasteiger partial charge < -0.3 is 14.0 Å². The van der Waals surface area contributed by atoms with E-state index >= 15 is 0 Å². The third-order valence-electron chi connectivity index (χ3n) is 4.85. The minimum atomic E-state index is -0.427. The van der Waals surface area contributed by atoms with Crippen LogP contribution in [0, 0.1) is 13.8 Å². The lowest BCUT2D eigenvalue weighted by molar-refractivity contribution is -0.143. The highest BCUT2D eigenvalue weighted by Gasteiger charge is 2.15. The quantitative estimate of drug-likeness (QED) is 0.508. The molecule has 0 saturated heterocycles. The van der Waals surface area contributed by atoms with Gasteiger partial charge in [0, 0.05) is 0 Å². The van der Waals surface area contributed by atoms with Crippen LogP contribution in [0.25, 0.3) is 10.2 Å². The Hall–Kier alpha value is -3.26. The molecule has 0 bridgehead atoms. The number of hydrogen-bond acceptors (Lipinski definition) is 6. The van der Waals surface area contributed by atoms with Crippen LogP contribution in [0.4, 0.5) is 0 Å². The molecule has 1 aromatic heterocycles. The summed E-state index contributed by atoms with van der Waals surface area (Å²) >= 11 is 1.24. The van der Waals surface area contributed by atoms with E-state index in [-0.39, 0.29) is 32.1 Å². The lowest BCUT2D eigenvalue weighted by Gasteiger charge is -2.06. The van der Waals surface area contributed by atoms with Crippen molar-refractivity contribution in [3.05, 3.63) is 63.5 Å². The molecule has 8 heteroatoms. The Morgan fingerprint density at radius 1 is 1.00 bits per heavy atom. The summed E-state index contributed by atoms with van der Waals surface area (Å²) in [5, 5.41) is 0. The number of amides is 1. The Morgan fingerprint density at radius 2 is 1.75 bits per heavy atom. The van der Waals surface area contributed by atoms with Gasteiger partial charge in [0.1, 0.15) is 6.54 Å². The second kappa shape index (κ2) is 10.4. The van der Waals surface area contributed by atoms with Crippen molar-refractivity contribution in [3.8, 4) is 0 Å². The van der Waals surface area contributed by atoms with Crippen LogP contribution in [0.2, 0.25) is 0 Å². The first kappa shape index (κ1) is 23.4. The Kier molecular flexibility index (Phi) is 7.58. The zero-order valence-electron chi connectivity index (χ0n) is 18.6. The molecule has 32 heavy (non-hydrogen) atoms. The fourth-order valence-electron chi connectivity index (χ4n) is 3.29. The maximum atomic E-state index is 12.8. The second-order valence-electron chi connectivity index (χ2n) is 7.29. The highest BCUT2D eigenvalue weighted by Crippen LogP contribution is 2.20. The van der Waals surface area contributed by atoms with Crippen LogP contribution in [-0.2, 0) is 32.0 Å². The number of rotatable bonds is 7. The van der Waals surface area contributed by atoms with Gasteiger partial charge in [-0.05, 0) is 57.0 Å². The van der Waals surface area contributed by atoms with Crippen LogP contribution in [0.3, 0.4) is 0 Å². The van der Waals surface area contributed by atoms with Gasteiger partial charge in [-0.2, -0.15) is 4.99 Å². The molecular weight excluding hydrogens is 428 g/mol. The van der Waals surface area contributed by atoms with Gasteiger partial charge in [0.2, 0.25) is 0 Å². The predicted octanol–water partition coefficient (Wildman–Crippen LogP) is 3.73. The lowest BCUT2D eigenvalue weighted by Crippen LogP contribution is -2.23. The van der Waals surface area contributed by atoms with E-state index in [1.165, 1.54) is 11.3 Å². The molecular formula is C24H26N2O5S. The van der Waals surface area contributed by atoms with E-state index in [0.717, 1.165) is 21.4 Å². The average Bonchev–Trinajstić information content (AvgIpc) is 3.07. The average molecular weight is 455 g/mol. The van der Waals surface area contributed by atoms with Crippen LogP contribution in [0.1, 0.15) is 40.9 Å². The molecule has 0 N–H and O–H groups in total. The van der Waals surface area contributed by atoms with Crippen molar-refractivity contribution in [1.29, 1.82) is 0 Å². The Balaban J connectivity index is 2.04. The van der Waals surface area contributed by atoms with Crippen molar-refractivity contribution in [3.63, 3.8) is 0 Å². The van der Waals surface area contributed by atoms with E-state index in [1.807, 2.05) is 32.0 Å². The van der Waals surface area contributed by atoms with Crippen LogP contribution in [0.15, 0.2) is 41.4 Å². The minimum Gasteiger partial charge on any atom is -0.465 e. The summed E-state index contributed by atoms with van der Waals surface area (Å²) in [4.78, 5) is 41.8. The van der Waals surface area contributed by atoms with Gasteiger partial charge in [0.05, 0.1) is 35.4 Å². The molecule has 168 valence electrons. The molecule has 0 aliphatic heterocycles. The molecule has 0 aliphatic carbocycles. The molecule has 0 spiro atoms. The van der Waals surface area contributed by atoms with E-state index in [2.05, 4.69) is 4.99 Å². The maximum absolute atomic E-state index is 12.8. The number of aromatic nitrogens is 1. The summed E-state index contributed by atoms with van der Waals surface area (Å²) in [7, 11) is 0. The summed E-state index contributed by atoms with van der Waals surface area (Å²) in [6.07, 6.45) is 0.162. The molecule has 0 atom stereocenters. The largest absolute Gasteiger partial charge is 0.465 e. The summed E-state index contributed by atoms with van der Waals surface area (Å²) in [5.41, 5.74) is 4.10. The van der Waals surface area contributed by atoms with E-state index in [1.54, 1.807) is 36.6 Å². The van der Waals surface area contributed by atoms with Crippen molar-refractivity contribution in [2.24, 2.45) is 4.99 Å². The Labute approximate surface area is 190 Å². The van der Waals surface area contributed by atoms with E-state index in [9.17, 15) is 14.4 Å². The van der Waals surface area contributed by atoms with E-state index in [0.29, 0.717) is 15.9 Å². The number of thiazole rings is 1. The number of benzene rings is 2. The van der Waals surface area contributed by atoms with Crippen molar-refractivity contribution in [2.45, 2.75) is 40.7 Å². The molecule has 0 fully saturated rings. The molecule has 0 saturated carbocycles. The minimum absolute atomic E-state index is 0.0812. The fourth-order valence-corrected chi connectivity index (χ4v) is 4.37. The first-order valence-corrected chi connectivity index (χ1v) is 11.2. The second-order valence-corrected chi connectivity index (χ2v) is 8.30. The molecule has 0 aliphatic rings. The highest BCUT2D eigenvalue weighted by atomic mass is 32.1. The lowest BCUT2D eigenvalue weighted by atomic mass is 10.0. The zero-order valence-corrected chi connectivity index (χ0v) is 19.5. The molecule has 1 amide bonds. The topological polar surface area (TPSA) is 87.0 Å². The molecule has 0 radical (unpaired) electrons. The van der Waals surface area contributed by atoms with Gasteiger partial charge >= 0.3 is 11.9 Å². The van der Waals surface area contributed by atoms with Gasteiger partial charge in [-0.15, -0.1) is 0 Å². The molecule has 2 aromatic carbocycles. The summed E-state index contributed by atoms with van der Waals surface area (Å²) in [5.74, 6) is -1.16. The van der Waals surface area contributed by atoms with Gasteiger partial charge in [0.25, 0.3) is 5.91 Å². The number of carbonyl (C=O) groups is 3. The number of carbonyl (C=O) groups excluding carboxylic acids is 3. The Bertz CT molecular complexity index is 1240. The molecule has 0 unspecified atom stereocenters. The fraction of sp³-hybridized carbons (Fsp3) is 0.333. The monoisotopic (exact) mass is 454 g/mol. The van der Waals surface area contributed by atoms with Crippen LogP contribution < -0.4 is 4.80 Å². The zero-order chi connectivity index (χ0) is 23.3. The number of fused-ring (bicyclic) bond motifs is 1. The van der Waals surface area contributed by atoms with Gasteiger partial charge in [-0.1, -0.05) is 35.1 Å². The third kappa shape index (κ3) is 5.50. The van der Waals surface area contributed by atoms with Crippen molar-refractivity contribution in [1.82, 2.24) is 4.57 Å². The molecule has 7 nitrogen and oxygen atoms in total. The van der Waals surface area contributed by atoms with Gasteiger partial charge in [-0.3, -0.25) is 9.59 Å². The first-order valence-electron chi connectivity index (χ1n) is 10.4. The molecule has 1 heterocycles. The number of aryl methyl sites for hydroxylation is 2. The van der Waals surface area contributed by atoms with Crippen molar-refractivity contribution >= 4 is 39.4 Å². The van der Waals surface area contributed by atoms with Crippen LogP contribution >= 0.6 is 11.3 Å². The number of hydrogen-bond donors (Lipinski definition) is 0. The SMILES string of the molecule is CCOC(=O)Cn1c(=NC(=O)Cc2cc(C)ccc2C)sc2cc(C(=O)OCC)ccc21. The van der Waals surface area contributed by atoms with Crippen molar-refractivity contribution in [2.75, 3.05) is 13.2 Å². The van der Waals surface area contributed by atoms with Crippen molar-refractivity contribution < 1.29 is 23.9 Å². The smallest absolute Gasteiger partial charge is 0.338 e. The molecule has 3 aromatic rings. The van der Waals surface area contributed by atoms with E-state index < -0.39 is 11.9 Å². The Morgan fingerprint density at radius 3 is 2.47 bits per heavy atom. The highest BCUT2D eigenvalue weighted by molar-refractivity contribution is 7.16. The number of esters is 2. The number of ether oxygens (including phenoxy) is 2.